The van der Waals surface area contributed by atoms with E-state index in [1.165, 1.54) is 0 Å². The molecule has 0 aliphatic carbocycles. The van der Waals surface area contributed by atoms with Crippen LogP contribution in [0.4, 0.5) is 5.69 Å². The van der Waals surface area contributed by atoms with E-state index in [4.69, 9.17) is 4.74 Å². The lowest BCUT2D eigenvalue weighted by Crippen LogP contribution is -2.05. The van der Waals surface area contributed by atoms with Gasteiger partial charge in [-0.3, -0.25) is 0 Å². The molecule has 1 aromatic carbocycles. The average molecular weight is 309 g/mol. The Labute approximate surface area is 137 Å². The van der Waals surface area contributed by atoms with Crippen LogP contribution in [0.3, 0.4) is 0 Å². The Morgan fingerprint density at radius 2 is 1.87 bits per heavy atom. The molecule has 0 radical (unpaired) electrons. The van der Waals surface area contributed by atoms with Gasteiger partial charge in [0.15, 0.2) is 0 Å². The molecule has 120 valence electrons. The molecule has 0 aliphatic heterocycles. The number of hydrogen-bond donors (Lipinski definition) is 1. The SMILES string of the molecule is CCCNc1ccc2nc(-c3ccc(OC(C)C)cc3)cn2c1. The highest BCUT2D eigenvalue weighted by atomic mass is 16.5. The molecule has 0 amide bonds. The summed E-state index contributed by atoms with van der Waals surface area (Å²) in [6.07, 6.45) is 5.44. The first-order valence-corrected chi connectivity index (χ1v) is 8.15. The van der Waals surface area contributed by atoms with Crippen molar-refractivity contribution in [2.75, 3.05) is 11.9 Å². The average Bonchev–Trinajstić information content (AvgIpc) is 2.96. The van der Waals surface area contributed by atoms with Gasteiger partial charge in [-0.2, -0.15) is 0 Å². The summed E-state index contributed by atoms with van der Waals surface area (Å²) in [6.45, 7) is 7.19. The minimum atomic E-state index is 0.185. The quantitative estimate of drug-likeness (QED) is 0.722. The summed E-state index contributed by atoms with van der Waals surface area (Å²) in [5.74, 6) is 0.888. The molecular formula is C19H23N3O. The lowest BCUT2D eigenvalue weighted by Gasteiger charge is -2.09. The van der Waals surface area contributed by atoms with Gasteiger partial charge in [0.2, 0.25) is 0 Å². The topological polar surface area (TPSA) is 38.6 Å². The molecule has 2 heterocycles. The normalized spacial score (nSPS) is 11.1. The number of fused-ring (bicyclic) bond motifs is 1. The lowest BCUT2D eigenvalue weighted by atomic mass is 10.1. The van der Waals surface area contributed by atoms with Gasteiger partial charge in [0.1, 0.15) is 11.4 Å². The van der Waals surface area contributed by atoms with Gasteiger partial charge in [-0.1, -0.05) is 6.92 Å². The first-order chi connectivity index (χ1) is 11.2. The van der Waals surface area contributed by atoms with Crippen LogP contribution in [0, 0.1) is 0 Å². The predicted molar refractivity (Wildman–Crippen MR) is 95.2 cm³/mol. The lowest BCUT2D eigenvalue weighted by molar-refractivity contribution is 0.242. The number of anilines is 1. The molecule has 0 saturated carbocycles. The van der Waals surface area contributed by atoms with Crippen LogP contribution in [-0.4, -0.2) is 22.0 Å². The fraction of sp³-hybridized carbons (Fsp3) is 0.316. The number of hydrogen-bond acceptors (Lipinski definition) is 3. The van der Waals surface area contributed by atoms with E-state index in [1.54, 1.807) is 0 Å². The van der Waals surface area contributed by atoms with Gasteiger partial charge in [0, 0.05) is 24.5 Å². The maximum atomic E-state index is 5.68. The van der Waals surface area contributed by atoms with Gasteiger partial charge in [-0.25, -0.2) is 4.98 Å². The van der Waals surface area contributed by atoms with E-state index in [9.17, 15) is 0 Å². The minimum Gasteiger partial charge on any atom is -0.491 e. The van der Waals surface area contributed by atoms with Crippen LogP contribution in [0.5, 0.6) is 5.75 Å². The first kappa shape index (κ1) is 15.4. The highest BCUT2D eigenvalue weighted by molar-refractivity contribution is 5.64. The molecule has 0 bridgehead atoms. The Hall–Kier alpha value is -2.49. The Balaban J connectivity index is 1.84. The first-order valence-electron chi connectivity index (χ1n) is 8.15. The molecule has 4 nitrogen and oxygen atoms in total. The van der Waals surface area contributed by atoms with Crippen molar-refractivity contribution in [3.8, 4) is 17.0 Å². The molecule has 0 aliphatic rings. The molecule has 3 rings (SSSR count). The number of nitrogens with zero attached hydrogens (tertiary/aromatic N) is 2. The molecule has 0 spiro atoms. The maximum absolute atomic E-state index is 5.68. The number of nitrogens with one attached hydrogen (secondary N) is 1. The van der Waals surface area contributed by atoms with Crippen LogP contribution in [0.25, 0.3) is 16.9 Å². The summed E-state index contributed by atoms with van der Waals surface area (Å²) in [4.78, 5) is 4.69. The number of pyridine rings is 1. The zero-order valence-corrected chi connectivity index (χ0v) is 13.9. The van der Waals surface area contributed by atoms with Crippen LogP contribution in [0.15, 0.2) is 48.8 Å². The molecule has 1 N–H and O–H groups in total. The Bertz CT molecular complexity index is 775. The Morgan fingerprint density at radius 1 is 1.09 bits per heavy atom. The zero-order chi connectivity index (χ0) is 16.2. The number of ether oxygens (including phenoxy) is 1. The summed E-state index contributed by atoms with van der Waals surface area (Å²) in [7, 11) is 0. The number of aromatic nitrogens is 2. The van der Waals surface area contributed by atoms with Crippen LogP contribution in [-0.2, 0) is 0 Å². The third-order valence-corrected chi connectivity index (χ3v) is 3.55. The monoisotopic (exact) mass is 309 g/mol. The van der Waals surface area contributed by atoms with Crippen molar-refractivity contribution in [3.63, 3.8) is 0 Å². The summed E-state index contributed by atoms with van der Waals surface area (Å²) in [6, 6.07) is 12.2. The van der Waals surface area contributed by atoms with Crippen molar-refractivity contribution in [1.82, 2.24) is 9.38 Å². The molecule has 0 saturated heterocycles. The van der Waals surface area contributed by atoms with Crippen molar-refractivity contribution >= 4 is 11.3 Å². The zero-order valence-electron chi connectivity index (χ0n) is 13.9. The van der Waals surface area contributed by atoms with Gasteiger partial charge in [0.05, 0.1) is 17.5 Å². The van der Waals surface area contributed by atoms with Gasteiger partial charge < -0.3 is 14.5 Å². The van der Waals surface area contributed by atoms with Crippen LogP contribution in [0.1, 0.15) is 27.2 Å². The molecule has 4 heteroatoms. The molecule has 0 fully saturated rings. The van der Waals surface area contributed by atoms with E-state index in [1.807, 2.05) is 32.0 Å². The maximum Gasteiger partial charge on any atom is 0.137 e. The Kier molecular flexibility index (Phi) is 4.51. The van der Waals surface area contributed by atoms with E-state index in [0.717, 1.165) is 41.3 Å². The second-order valence-electron chi connectivity index (χ2n) is 5.93. The fourth-order valence-corrected chi connectivity index (χ4v) is 2.48. The van der Waals surface area contributed by atoms with E-state index in [-0.39, 0.29) is 6.10 Å². The largest absolute Gasteiger partial charge is 0.491 e. The number of rotatable bonds is 6. The molecule has 0 unspecified atom stereocenters. The molecular weight excluding hydrogens is 286 g/mol. The van der Waals surface area contributed by atoms with Crippen molar-refractivity contribution in [2.24, 2.45) is 0 Å². The second-order valence-corrected chi connectivity index (χ2v) is 5.93. The van der Waals surface area contributed by atoms with E-state index in [0.29, 0.717) is 0 Å². The number of imidazole rings is 1. The highest BCUT2D eigenvalue weighted by Gasteiger charge is 2.06. The Morgan fingerprint density at radius 3 is 2.57 bits per heavy atom. The highest BCUT2D eigenvalue weighted by Crippen LogP contribution is 2.23. The molecule has 2 aromatic heterocycles. The molecule has 3 aromatic rings. The minimum absolute atomic E-state index is 0.185. The molecule has 23 heavy (non-hydrogen) atoms. The smallest absolute Gasteiger partial charge is 0.137 e. The predicted octanol–water partition coefficient (Wildman–Crippen LogP) is 4.61. The van der Waals surface area contributed by atoms with Crippen LogP contribution >= 0.6 is 0 Å². The third kappa shape index (κ3) is 3.65. The summed E-state index contributed by atoms with van der Waals surface area (Å²) < 4.78 is 7.74. The standard InChI is InChI=1S/C19H23N3O/c1-4-11-20-16-7-10-19-21-18(13-22(19)12-16)15-5-8-17(9-6-15)23-14(2)3/h5-10,12-14,20H,4,11H2,1-3H3. The fourth-order valence-electron chi connectivity index (χ4n) is 2.48. The summed E-state index contributed by atoms with van der Waals surface area (Å²) in [5.41, 5.74) is 4.12. The van der Waals surface area contributed by atoms with Gasteiger partial charge in [0.25, 0.3) is 0 Å². The summed E-state index contributed by atoms with van der Waals surface area (Å²) >= 11 is 0. The van der Waals surface area contributed by atoms with Crippen LogP contribution < -0.4 is 10.1 Å². The second kappa shape index (κ2) is 6.73. The van der Waals surface area contributed by atoms with Crippen molar-refractivity contribution in [2.45, 2.75) is 33.3 Å². The number of benzene rings is 1. The molecule has 0 atom stereocenters. The van der Waals surface area contributed by atoms with Gasteiger partial charge in [-0.05, 0) is 56.7 Å². The van der Waals surface area contributed by atoms with E-state index < -0.39 is 0 Å². The van der Waals surface area contributed by atoms with E-state index >= 15 is 0 Å². The van der Waals surface area contributed by atoms with Crippen molar-refractivity contribution in [3.05, 3.63) is 48.8 Å². The van der Waals surface area contributed by atoms with Crippen LogP contribution in [0.2, 0.25) is 0 Å². The summed E-state index contributed by atoms with van der Waals surface area (Å²) in [5, 5.41) is 3.40. The van der Waals surface area contributed by atoms with E-state index in [2.05, 4.69) is 52.2 Å². The van der Waals surface area contributed by atoms with Gasteiger partial charge in [-0.15, -0.1) is 0 Å². The van der Waals surface area contributed by atoms with Crippen molar-refractivity contribution in [1.29, 1.82) is 0 Å². The third-order valence-electron chi connectivity index (χ3n) is 3.55. The van der Waals surface area contributed by atoms with Crippen molar-refractivity contribution < 1.29 is 4.74 Å². The van der Waals surface area contributed by atoms with Gasteiger partial charge >= 0.3 is 0 Å².